The van der Waals surface area contributed by atoms with E-state index in [-0.39, 0.29) is 0 Å². The summed E-state index contributed by atoms with van der Waals surface area (Å²) >= 11 is 6.26. The Labute approximate surface area is 122 Å². The fourth-order valence-electron chi connectivity index (χ4n) is 3.16. The molecule has 0 saturated carbocycles. The minimum atomic E-state index is 0.537. The van der Waals surface area contributed by atoms with E-state index < -0.39 is 0 Å². The molecule has 0 aromatic heterocycles. The molecule has 1 saturated heterocycles. The highest BCUT2D eigenvalue weighted by Crippen LogP contribution is 2.33. The van der Waals surface area contributed by atoms with Crippen LogP contribution in [0.1, 0.15) is 32.8 Å². The Kier molecular flexibility index (Phi) is 4.75. The van der Waals surface area contributed by atoms with E-state index in [0.717, 1.165) is 18.1 Å². The van der Waals surface area contributed by atoms with Gasteiger partial charge >= 0.3 is 0 Å². The van der Waals surface area contributed by atoms with Gasteiger partial charge in [-0.2, -0.15) is 0 Å². The molecule has 1 fully saturated rings. The van der Waals surface area contributed by atoms with Crippen LogP contribution in [0.5, 0.6) is 0 Å². The van der Waals surface area contributed by atoms with Gasteiger partial charge in [-0.3, -0.25) is 0 Å². The summed E-state index contributed by atoms with van der Waals surface area (Å²) in [6.45, 7) is 11.1. The molecule has 0 amide bonds. The first-order valence-electron chi connectivity index (χ1n) is 7.31. The molecular formula is C16H25ClN2. The summed E-state index contributed by atoms with van der Waals surface area (Å²) in [6.07, 6.45) is 1.20. The number of piperidine rings is 1. The van der Waals surface area contributed by atoms with Crippen LogP contribution >= 0.6 is 11.6 Å². The first kappa shape index (κ1) is 14.7. The Morgan fingerprint density at radius 2 is 2.11 bits per heavy atom. The molecule has 19 heavy (non-hydrogen) atoms. The van der Waals surface area contributed by atoms with Crippen LogP contribution in [0.4, 0.5) is 5.69 Å². The third-order valence-corrected chi connectivity index (χ3v) is 4.99. The SMILES string of the molecule is CCNC1CCN(c2cccc(Cl)c2C)C(C)C1C. The fraction of sp³-hybridized carbons (Fsp3) is 0.625. The molecular weight excluding hydrogens is 256 g/mol. The van der Waals surface area contributed by atoms with Crippen molar-refractivity contribution in [1.82, 2.24) is 5.32 Å². The third-order valence-electron chi connectivity index (χ3n) is 4.58. The predicted molar refractivity (Wildman–Crippen MR) is 84.2 cm³/mol. The lowest BCUT2D eigenvalue weighted by Crippen LogP contribution is -2.53. The Hall–Kier alpha value is -0.730. The van der Waals surface area contributed by atoms with Gasteiger partial charge < -0.3 is 10.2 Å². The normalized spacial score (nSPS) is 27.6. The van der Waals surface area contributed by atoms with Gasteiger partial charge in [-0.15, -0.1) is 0 Å². The van der Waals surface area contributed by atoms with Gasteiger partial charge in [0.1, 0.15) is 0 Å². The molecule has 2 rings (SSSR count). The van der Waals surface area contributed by atoms with Gasteiger partial charge in [-0.1, -0.05) is 31.5 Å². The summed E-state index contributed by atoms with van der Waals surface area (Å²) in [5.41, 5.74) is 2.49. The Morgan fingerprint density at radius 1 is 1.37 bits per heavy atom. The first-order chi connectivity index (χ1) is 9.06. The second kappa shape index (κ2) is 6.15. The van der Waals surface area contributed by atoms with Gasteiger partial charge in [0.15, 0.2) is 0 Å². The van der Waals surface area contributed by atoms with E-state index in [1.54, 1.807) is 0 Å². The van der Waals surface area contributed by atoms with Crippen LogP contribution in [0.25, 0.3) is 0 Å². The average molecular weight is 281 g/mol. The van der Waals surface area contributed by atoms with Crippen LogP contribution in [0.15, 0.2) is 18.2 Å². The number of nitrogens with zero attached hydrogens (tertiary/aromatic N) is 1. The van der Waals surface area contributed by atoms with E-state index in [1.807, 2.05) is 6.07 Å². The lowest BCUT2D eigenvalue weighted by Gasteiger charge is -2.45. The zero-order valence-electron chi connectivity index (χ0n) is 12.4. The van der Waals surface area contributed by atoms with E-state index in [9.17, 15) is 0 Å². The summed E-state index contributed by atoms with van der Waals surface area (Å²) in [6, 6.07) is 7.39. The largest absolute Gasteiger partial charge is 0.368 e. The predicted octanol–water partition coefficient (Wildman–Crippen LogP) is 3.86. The molecule has 1 aromatic carbocycles. The minimum Gasteiger partial charge on any atom is -0.368 e. The molecule has 1 aliphatic rings. The highest BCUT2D eigenvalue weighted by atomic mass is 35.5. The fourth-order valence-corrected chi connectivity index (χ4v) is 3.33. The van der Waals surface area contributed by atoms with Crippen LogP contribution in [-0.4, -0.2) is 25.2 Å². The molecule has 0 aliphatic carbocycles. The maximum absolute atomic E-state index is 6.26. The van der Waals surface area contributed by atoms with Crippen LogP contribution < -0.4 is 10.2 Å². The molecule has 106 valence electrons. The first-order valence-corrected chi connectivity index (χ1v) is 7.69. The molecule has 1 aliphatic heterocycles. The minimum absolute atomic E-state index is 0.537. The Morgan fingerprint density at radius 3 is 2.79 bits per heavy atom. The van der Waals surface area contributed by atoms with Crippen molar-refractivity contribution in [3.05, 3.63) is 28.8 Å². The zero-order chi connectivity index (χ0) is 14.0. The molecule has 0 radical (unpaired) electrons. The second-order valence-electron chi connectivity index (χ2n) is 5.63. The number of benzene rings is 1. The van der Waals surface area contributed by atoms with Gasteiger partial charge in [0.2, 0.25) is 0 Å². The van der Waals surface area contributed by atoms with Gasteiger partial charge in [-0.05, 0) is 50.4 Å². The maximum Gasteiger partial charge on any atom is 0.0455 e. The van der Waals surface area contributed by atoms with Gasteiger partial charge in [0.05, 0.1) is 0 Å². The standard InChI is InChI=1S/C16H25ClN2/c1-5-18-15-9-10-19(13(4)11(15)2)16-8-6-7-14(17)12(16)3/h6-8,11,13,15,18H,5,9-10H2,1-4H3. The summed E-state index contributed by atoms with van der Waals surface area (Å²) in [4.78, 5) is 2.51. The molecule has 0 bridgehead atoms. The molecule has 1 N–H and O–H groups in total. The van der Waals surface area contributed by atoms with E-state index in [1.165, 1.54) is 17.7 Å². The lowest BCUT2D eigenvalue weighted by molar-refractivity contribution is 0.274. The summed E-state index contributed by atoms with van der Waals surface area (Å²) in [5.74, 6) is 0.645. The third kappa shape index (κ3) is 2.90. The van der Waals surface area contributed by atoms with Crippen molar-refractivity contribution in [2.45, 2.75) is 46.2 Å². The van der Waals surface area contributed by atoms with Crippen molar-refractivity contribution in [3.8, 4) is 0 Å². The molecule has 2 nitrogen and oxygen atoms in total. The number of hydrogen-bond acceptors (Lipinski definition) is 2. The molecule has 1 heterocycles. The van der Waals surface area contributed by atoms with Crippen LogP contribution in [0, 0.1) is 12.8 Å². The molecule has 3 atom stereocenters. The van der Waals surface area contributed by atoms with E-state index in [4.69, 9.17) is 11.6 Å². The van der Waals surface area contributed by atoms with Crippen molar-refractivity contribution in [3.63, 3.8) is 0 Å². The second-order valence-corrected chi connectivity index (χ2v) is 6.04. The number of halogens is 1. The molecule has 0 spiro atoms. The Balaban J connectivity index is 2.21. The summed E-state index contributed by atoms with van der Waals surface area (Å²) in [7, 11) is 0. The topological polar surface area (TPSA) is 15.3 Å². The van der Waals surface area contributed by atoms with Crippen LogP contribution in [0.2, 0.25) is 5.02 Å². The lowest BCUT2D eigenvalue weighted by atomic mass is 9.86. The van der Waals surface area contributed by atoms with Gasteiger partial charge in [-0.25, -0.2) is 0 Å². The van der Waals surface area contributed by atoms with Crippen molar-refractivity contribution in [2.75, 3.05) is 18.0 Å². The average Bonchev–Trinajstić information content (AvgIpc) is 2.39. The van der Waals surface area contributed by atoms with Crippen molar-refractivity contribution in [1.29, 1.82) is 0 Å². The number of hydrogen-bond donors (Lipinski definition) is 1. The smallest absolute Gasteiger partial charge is 0.0455 e. The van der Waals surface area contributed by atoms with E-state index in [0.29, 0.717) is 18.0 Å². The van der Waals surface area contributed by atoms with Gasteiger partial charge in [0, 0.05) is 29.3 Å². The monoisotopic (exact) mass is 280 g/mol. The number of rotatable bonds is 3. The quantitative estimate of drug-likeness (QED) is 0.904. The molecule has 3 heteroatoms. The number of nitrogens with one attached hydrogen (secondary N) is 1. The number of anilines is 1. The van der Waals surface area contributed by atoms with Gasteiger partial charge in [0.25, 0.3) is 0 Å². The van der Waals surface area contributed by atoms with E-state index in [2.05, 4.69) is 50.0 Å². The molecule has 3 unspecified atom stereocenters. The van der Waals surface area contributed by atoms with Crippen molar-refractivity contribution in [2.24, 2.45) is 5.92 Å². The maximum atomic E-state index is 6.26. The highest BCUT2D eigenvalue weighted by Gasteiger charge is 2.32. The van der Waals surface area contributed by atoms with Crippen molar-refractivity contribution < 1.29 is 0 Å². The zero-order valence-corrected chi connectivity index (χ0v) is 13.2. The van der Waals surface area contributed by atoms with Crippen LogP contribution in [-0.2, 0) is 0 Å². The van der Waals surface area contributed by atoms with E-state index >= 15 is 0 Å². The summed E-state index contributed by atoms with van der Waals surface area (Å²) < 4.78 is 0. The molecule has 1 aromatic rings. The highest BCUT2D eigenvalue weighted by molar-refractivity contribution is 6.31. The Bertz CT molecular complexity index is 433. The van der Waals surface area contributed by atoms with Crippen LogP contribution in [0.3, 0.4) is 0 Å². The summed E-state index contributed by atoms with van der Waals surface area (Å²) in [5, 5.41) is 4.48. The van der Waals surface area contributed by atoms with Crippen molar-refractivity contribution >= 4 is 17.3 Å².